The van der Waals surface area contributed by atoms with Gasteiger partial charge in [-0.1, -0.05) is 51.1 Å². The summed E-state index contributed by atoms with van der Waals surface area (Å²) in [5.74, 6) is 1.95. The van der Waals surface area contributed by atoms with Gasteiger partial charge in [0.25, 0.3) is 0 Å². The molecule has 1 saturated carbocycles. The number of carbonyl (C=O) groups is 1. The lowest BCUT2D eigenvalue weighted by molar-refractivity contribution is -0.118. The molecule has 3 atom stereocenters. The van der Waals surface area contributed by atoms with Crippen LogP contribution in [0.15, 0.2) is 36.4 Å². The third-order valence-corrected chi connectivity index (χ3v) is 13.1. The average molecular weight is 517 g/mol. The zero-order valence-corrected chi connectivity index (χ0v) is 23.6. The van der Waals surface area contributed by atoms with Crippen molar-refractivity contribution in [1.29, 1.82) is 0 Å². The Morgan fingerprint density at radius 3 is 2.31 bits per heavy atom. The summed E-state index contributed by atoms with van der Waals surface area (Å²) < 4.78 is 24.8. The molecule has 0 aromatic heterocycles. The smallest absolute Gasteiger partial charge is 0.203 e. The number of fused-ring (bicyclic) bond motifs is 2. The van der Waals surface area contributed by atoms with Crippen LogP contribution in [-0.4, -0.2) is 39.8 Å². The third-order valence-electron chi connectivity index (χ3n) is 8.11. The summed E-state index contributed by atoms with van der Waals surface area (Å²) in [7, 11) is 1.10. The summed E-state index contributed by atoms with van der Waals surface area (Å²) in [4.78, 5) is 13.0. The minimum atomic E-state index is -2.15. The van der Waals surface area contributed by atoms with Gasteiger partial charge in [-0.05, 0) is 41.7 Å². The van der Waals surface area contributed by atoms with Crippen LogP contribution in [0.5, 0.6) is 17.2 Å². The molecule has 0 saturated heterocycles. The molecule has 0 N–H and O–H groups in total. The summed E-state index contributed by atoms with van der Waals surface area (Å²) in [6, 6.07) is 12.0. The Balaban J connectivity index is 1.81. The first-order chi connectivity index (χ1) is 16.4. The molecular formula is C28H37ClO5Si. The molecule has 0 amide bonds. The van der Waals surface area contributed by atoms with Crippen LogP contribution >= 0.6 is 11.6 Å². The van der Waals surface area contributed by atoms with Crippen molar-refractivity contribution in [3.8, 4) is 17.2 Å². The maximum atomic E-state index is 13.0. The van der Waals surface area contributed by atoms with Crippen molar-refractivity contribution in [2.75, 3.05) is 14.2 Å². The van der Waals surface area contributed by atoms with Crippen molar-refractivity contribution < 1.29 is 23.4 Å². The molecular weight excluding hydrogens is 480 g/mol. The first-order valence-corrected chi connectivity index (χ1v) is 15.6. The number of benzene rings is 2. The molecule has 5 nitrogen and oxygen atoms in total. The third kappa shape index (κ3) is 4.49. The molecule has 4 rings (SSSR count). The molecule has 190 valence electrons. The van der Waals surface area contributed by atoms with Gasteiger partial charge in [0.2, 0.25) is 5.75 Å². The Morgan fingerprint density at radius 1 is 1.06 bits per heavy atom. The van der Waals surface area contributed by atoms with Crippen LogP contribution in [-0.2, 0) is 27.7 Å². The van der Waals surface area contributed by atoms with Crippen LogP contribution < -0.4 is 14.2 Å². The number of alkyl halides is 1. The maximum Gasteiger partial charge on any atom is 0.203 e. The highest BCUT2D eigenvalue weighted by Gasteiger charge is 2.60. The molecule has 0 bridgehead atoms. The van der Waals surface area contributed by atoms with E-state index in [4.69, 9.17) is 30.2 Å². The van der Waals surface area contributed by atoms with Gasteiger partial charge in [0.15, 0.2) is 19.8 Å². The molecule has 1 spiro atoms. The fraction of sp³-hybridized carbons (Fsp3) is 0.536. The molecule has 2 aliphatic carbocycles. The average Bonchev–Trinajstić information content (AvgIpc) is 3.26. The van der Waals surface area contributed by atoms with E-state index in [0.717, 1.165) is 16.7 Å². The lowest BCUT2D eigenvalue weighted by atomic mass is 9.78. The highest BCUT2D eigenvalue weighted by atomic mass is 35.5. The molecule has 2 aliphatic rings. The lowest BCUT2D eigenvalue weighted by Gasteiger charge is -2.44. The van der Waals surface area contributed by atoms with E-state index in [1.165, 1.54) is 0 Å². The normalized spacial score (nSPS) is 24.1. The van der Waals surface area contributed by atoms with Crippen molar-refractivity contribution in [3.05, 3.63) is 53.1 Å². The van der Waals surface area contributed by atoms with E-state index in [9.17, 15) is 4.79 Å². The molecule has 0 radical (unpaired) electrons. The monoisotopic (exact) mass is 516 g/mol. The number of methoxy groups -OCH3 is 2. The SMILES string of the molecule is COc1c(OCc2ccccc2)cc2c(c1OC)C[C@H](Cl)[C@@]21CC(=O)C[C@@H]1O[Si](C)(C)C(C)(C)C. The summed E-state index contributed by atoms with van der Waals surface area (Å²) in [6.07, 6.45) is 1.05. The van der Waals surface area contributed by atoms with Crippen LogP contribution in [0.3, 0.4) is 0 Å². The fourth-order valence-electron chi connectivity index (χ4n) is 5.22. The zero-order chi connectivity index (χ0) is 25.6. The van der Waals surface area contributed by atoms with Crippen molar-refractivity contribution >= 4 is 25.7 Å². The van der Waals surface area contributed by atoms with E-state index in [2.05, 4.69) is 33.9 Å². The number of carbonyl (C=O) groups excluding carboxylic acids is 1. The van der Waals surface area contributed by atoms with E-state index in [-0.39, 0.29) is 22.3 Å². The summed E-state index contributed by atoms with van der Waals surface area (Å²) in [5.41, 5.74) is 2.41. The molecule has 2 aromatic carbocycles. The molecule has 1 fully saturated rings. The molecule has 0 aliphatic heterocycles. The van der Waals surface area contributed by atoms with Gasteiger partial charge in [-0.3, -0.25) is 4.79 Å². The predicted molar refractivity (Wildman–Crippen MR) is 142 cm³/mol. The van der Waals surface area contributed by atoms with Crippen LogP contribution in [0.2, 0.25) is 18.1 Å². The van der Waals surface area contributed by atoms with Crippen molar-refractivity contribution in [1.82, 2.24) is 0 Å². The van der Waals surface area contributed by atoms with Gasteiger partial charge < -0.3 is 18.6 Å². The van der Waals surface area contributed by atoms with Crippen molar-refractivity contribution in [3.63, 3.8) is 0 Å². The number of rotatable bonds is 7. The van der Waals surface area contributed by atoms with E-state index in [0.29, 0.717) is 43.1 Å². The summed E-state index contributed by atoms with van der Waals surface area (Å²) in [6.45, 7) is 11.5. The van der Waals surface area contributed by atoms with E-state index in [1.54, 1.807) is 14.2 Å². The largest absolute Gasteiger partial charge is 0.492 e. The number of hydrogen-bond acceptors (Lipinski definition) is 5. The van der Waals surface area contributed by atoms with Crippen molar-refractivity contribution in [2.24, 2.45) is 0 Å². The number of halogens is 1. The number of Topliss-reactive ketones (excluding diaryl/α,β-unsaturated/α-hetero) is 1. The van der Waals surface area contributed by atoms with Gasteiger partial charge in [-0.25, -0.2) is 0 Å². The van der Waals surface area contributed by atoms with Crippen molar-refractivity contribution in [2.45, 2.75) is 81.7 Å². The predicted octanol–water partition coefficient (Wildman–Crippen LogP) is 6.44. The van der Waals surface area contributed by atoms with Crippen LogP contribution in [0.4, 0.5) is 0 Å². The topological polar surface area (TPSA) is 54.0 Å². The highest BCUT2D eigenvalue weighted by Crippen LogP contribution is 2.59. The highest BCUT2D eigenvalue weighted by molar-refractivity contribution is 6.74. The van der Waals surface area contributed by atoms with Crippen LogP contribution in [0, 0.1) is 0 Å². The van der Waals surface area contributed by atoms with E-state index >= 15 is 0 Å². The minimum absolute atomic E-state index is 0.0185. The Labute approximate surface area is 215 Å². The Kier molecular flexibility index (Phi) is 7.04. The second-order valence-electron chi connectivity index (χ2n) is 11.2. The first kappa shape index (κ1) is 26.1. The molecule has 0 unspecified atom stereocenters. The molecule has 35 heavy (non-hydrogen) atoms. The number of ether oxygens (including phenoxy) is 3. The molecule has 0 heterocycles. The van der Waals surface area contributed by atoms with Gasteiger partial charge in [-0.2, -0.15) is 0 Å². The van der Waals surface area contributed by atoms with E-state index < -0.39 is 13.7 Å². The van der Waals surface area contributed by atoms with E-state index in [1.807, 2.05) is 36.4 Å². The second-order valence-corrected chi connectivity index (χ2v) is 16.5. The standard InChI is InChI=1S/C28H37ClO5Si/c1-27(2,3)35(6,7)34-24-13-19(30)16-28(24)21-15-22(33-17-18-11-9-8-10-12-18)26(32-5)25(31-4)20(21)14-23(28)29/h8-12,15,23-24H,13-14,16-17H2,1-7H3/t23-,24-,28+/m0/s1. The van der Waals surface area contributed by atoms with Crippen LogP contribution in [0.1, 0.15) is 50.3 Å². The number of ketones is 1. The quantitative estimate of drug-likeness (QED) is 0.313. The van der Waals surface area contributed by atoms with Gasteiger partial charge in [0.05, 0.1) is 25.7 Å². The molecule has 7 heteroatoms. The first-order valence-electron chi connectivity index (χ1n) is 12.2. The Hall–Kier alpha value is -2.02. The van der Waals surface area contributed by atoms with Gasteiger partial charge in [-0.15, -0.1) is 11.6 Å². The van der Waals surface area contributed by atoms with Gasteiger partial charge >= 0.3 is 0 Å². The summed E-state index contributed by atoms with van der Waals surface area (Å²) >= 11 is 7.14. The minimum Gasteiger partial charge on any atom is -0.492 e. The second kappa shape index (κ2) is 9.45. The van der Waals surface area contributed by atoms with Gasteiger partial charge in [0, 0.05) is 23.8 Å². The number of hydrogen-bond donors (Lipinski definition) is 0. The zero-order valence-electron chi connectivity index (χ0n) is 21.9. The Bertz CT molecular complexity index is 1090. The Morgan fingerprint density at radius 2 is 1.71 bits per heavy atom. The molecule has 2 aromatic rings. The lowest BCUT2D eigenvalue weighted by Crippen LogP contribution is -2.50. The fourth-order valence-corrected chi connectivity index (χ4v) is 7.06. The van der Waals surface area contributed by atoms with Crippen LogP contribution in [0.25, 0.3) is 0 Å². The summed E-state index contributed by atoms with van der Waals surface area (Å²) in [5, 5.41) is -0.272. The maximum absolute atomic E-state index is 13.0. The van der Waals surface area contributed by atoms with Gasteiger partial charge in [0.1, 0.15) is 12.4 Å².